The van der Waals surface area contributed by atoms with Gasteiger partial charge < -0.3 is 9.47 Å². The van der Waals surface area contributed by atoms with Crippen LogP contribution in [0.5, 0.6) is 0 Å². The molecule has 0 radical (unpaired) electrons. The second-order valence-corrected chi connectivity index (χ2v) is 17.0. The smallest absolute Gasteiger partial charge is 0.381 e. The first-order chi connectivity index (χ1) is 25.0. The average molecular weight is 975 g/mol. The molecule has 1 fully saturated rings. The average Bonchev–Trinajstić information content (AvgIpc) is 3.67. The summed E-state index contributed by atoms with van der Waals surface area (Å²) in [4.78, 5) is 6.81. The van der Waals surface area contributed by atoms with Crippen molar-refractivity contribution in [1.29, 1.82) is 0 Å². The van der Waals surface area contributed by atoms with Crippen molar-refractivity contribution in [2.75, 3.05) is 36.1 Å². The number of hydrogen-bond donors (Lipinski definition) is 1. The van der Waals surface area contributed by atoms with Gasteiger partial charge in [0.2, 0.25) is 0 Å². The third kappa shape index (κ3) is 12.4. The monoisotopic (exact) mass is 972 g/mol. The van der Waals surface area contributed by atoms with Crippen LogP contribution in [-0.2, 0) is 41.9 Å². The number of halogens is 10. The van der Waals surface area contributed by atoms with Crippen LogP contribution in [0.3, 0.4) is 0 Å². The molecule has 0 spiro atoms. The Morgan fingerprint density at radius 1 is 0.796 bits per heavy atom. The van der Waals surface area contributed by atoms with Crippen molar-refractivity contribution in [3.8, 4) is 0 Å². The molecule has 22 heteroatoms. The molecular formula is C32H30Br2Cl2F6N4O6S2. The summed E-state index contributed by atoms with van der Waals surface area (Å²) in [5.41, 5.74) is -0.865. The van der Waals surface area contributed by atoms with Gasteiger partial charge in [-0.2, -0.15) is 26.3 Å². The molecule has 5 rings (SSSR count). The van der Waals surface area contributed by atoms with E-state index in [4.69, 9.17) is 32.7 Å². The zero-order valence-corrected chi connectivity index (χ0v) is 34.5. The minimum absolute atomic E-state index is 0.119. The maximum Gasteiger partial charge on any atom is 0.417 e. The number of methoxy groups -OCH3 is 1. The van der Waals surface area contributed by atoms with Gasteiger partial charge >= 0.3 is 12.4 Å². The van der Waals surface area contributed by atoms with Gasteiger partial charge in [0.15, 0.2) is 0 Å². The summed E-state index contributed by atoms with van der Waals surface area (Å²) in [6, 6.07) is 7.79. The Morgan fingerprint density at radius 2 is 1.28 bits per heavy atom. The Kier molecular flexibility index (Phi) is 16.0. The molecule has 2 aromatic heterocycles. The fourth-order valence-electron chi connectivity index (χ4n) is 4.33. The topological polar surface area (TPSA) is 128 Å². The lowest BCUT2D eigenvalue weighted by molar-refractivity contribution is -0.138. The highest BCUT2D eigenvalue weighted by Crippen LogP contribution is 2.38. The lowest BCUT2D eigenvalue weighted by atomic mass is 10.2. The third-order valence-corrected chi connectivity index (χ3v) is 11.9. The number of alkyl halides is 6. The number of rotatable bonds is 8. The molecule has 2 aromatic carbocycles. The van der Waals surface area contributed by atoms with Gasteiger partial charge in [-0.25, -0.2) is 31.1 Å². The predicted octanol–water partition coefficient (Wildman–Crippen LogP) is 10.0. The predicted molar refractivity (Wildman–Crippen MR) is 199 cm³/mol. The number of pyridine rings is 2. The molecule has 0 amide bonds. The molecule has 10 nitrogen and oxygen atoms in total. The zero-order chi connectivity index (χ0) is 40.6. The van der Waals surface area contributed by atoms with Crippen LogP contribution >= 0.6 is 55.1 Å². The fourth-order valence-corrected chi connectivity index (χ4v) is 8.27. The van der Waals surface area contributed by atoms with Crippen LogP contribution in [0.1, 0.15) is 35.1 Å². The summed E-state index contributed by atoms with van der Waals surface area (Å²) in [6.45, 7) is 4.97. The number of anilines is 2. The Hall–Kier alpha value is -2.72. The van der Waals surface area contributed by atoms with Crippen molar-refractivity contribution < 1.29 is 52.7 Å². The van der Waals surface area contributed by atoms with Crippen LogP contribution in [0.15, 0.2) is 79.9 Å². The number of aromatic nitrogens is 2. The molecule has 1 aliphatic heterocycles. The van der Waals surface area contributed by atoms with E-state index < -0.39 is 70.1 Å². The van der Waals surface area contributed by atoms with Crippen LogP contribution in [0.2, 0.25) is 10.0 Å². The van der Waals surface area contributed by atoms with E-state index in [0.29, 0.717) is 23.3 Å². The van der Waals surface area contributed by atoms with Gasteiger partial charge in [0, 0.05) is 32.7 Å². The Bertz CT molecular complexity index is 2150. The van der Waals surface area contributed by atoms with Crippen LogP contribution in [-0.4, -0.2) is 53.9 Å². The third-order valence-electron chi connectivity index (χ3n) is 6.90. The minimum Gasteiger partial charge on any atom is -0.381 e. The first kappa shape index (κ1) is 45.7. The quantitative estimate of drug-likeness (QED) is 0.105. The molecule has 1 aliphatic rings. The van der Waals surface area contributed by atoms with E-state index in [9.17, 15) is 43.2 Å². The fraction of sp³-hybridized carbons (Fsp3) is 0.312. The van der Waals surface area contributed by atoms with E-state index in [1.54, 1.807) is 13.8 Å². The van der Waals surface area contributed by atoms with Crippen LogP contribution in [0.4, 0.5) is 37.7 Å². The van der Waals surface area contributed by atoms with Crippen LogP contribution in [0, 0.1) is 13.8 Å². The number of aryl methyl sites for hydroxylation is 2. The minimum atomic E-state index is -4.79. The lowest BCUT2D eigenvalue weighted by Gasteiger charge is -2.25. The summed E-state index contributed by atoms with van der Waals surface area (Å²) in [5.74, 6) is 0. The highest BCUT2D eigenvalue weighted by Gasteiger charge is 2.37. The van der Waals surface area contributed by atoms with Gasteiger partial charge in [-0.3, -0.25) is 4.72 Å². The Labute approximate surface area is 334 Å². The SMILES string of the molecule is C1CCOC1.COCN(c1cc(C)cnc1Br)S(=O)(=O)c1ccc(Cl)c(C(F)(F)F)c1.Cc1cnc(Br)c(NS(=O)(=O)c2ccc(Cl)c(C(F)(F)F)c2)c1. The summed E-state index contributed by atoms with van der Waals surface area (Å²) in [5, 5.41) is -1.16. The Balaban J connectivity index is 0.000000258. The zero-order valence-electron chi connectivity index (χ0n) is 28.2. The maximum atomic E-state index is 13.1. The molecular weight excluding hydrogens is 945 g/mol. The van der Waals surface area contributed by atoms with Crippen LogP contribution in [0.25, 0.3) is 0 Å². The molecule has 296 valence electrons. The van der Waals surface area contributed by atoms with E-state index >= 15 is 0 Å². The van der Waals surface area contributed by atoms with E-state index in [-0.39, 0.29) is 20.6 Å². The van der Waals surface area contributed by atoms with Crippen molar-refractivity contribution in [1.82, 2.24) is 9.97 Å². The van der Waals surface area contributed by atoms with Gasteiger partial charge in [0.1, 0.15) is 15.9 Å². The van der Waals surface area contributed by atoms with Crippen molar-refractivity contribution in [3.05, 3.63) is 102 Å². The number of nitrogens with zero attached hydrogens (tertiary/aromatic N) is 3. The first-order valence-corrected chi connectivity index (χ1v) is 20.4. The van der Waals surface area contributed by atoms with E-state index in [0.717, 1.165) is 41.8 Å². The van der Waals surface area contributed by atoms with E-state index in [1.165, 1.54) is 44.5 Å². The number of ether oxygens (including phenoxy) is 2. The standard InChI is InChI=1S/C15H13BrClF3N2O3S.C13H9BrClF3N2O2S.C4H8O/c1-9-5-13(14(16)21-7-9)22(8-25-2)26(23,24)10-3-4-12(17)11(6-10)15(18,19)20;1-7-4-11(12(14)19-6-7)20-23(21,22)8-2-3-10(15)9(5-8)13(16,17)18;1-2-4-5-3-1/h3-7H,8H2,1-2H3;2-6,20H,1H3;1-4H2. The van der Waals surface area contributed by atoms with E-state index in [1.807, 2.05) is 0 Å². The first-order valence-electron chi connectivity index (χ1n) is 15.1. The number of hydrogen-bond acceptors (Lipinski definition) is 8. The highest BCUT2D eigenvalue weighted by molar-refractivity contribution is 9.10. The second-order valence-electron chi connectivity index (χ2n) is 11.1. The van der Waals surface area contributed by atoms with Gasteiger partial charge in [0.25, 0.3) is 20.0 Å². The number of nitrogens with one attached hydrogen (secondary N) is 1. The molecule has 0 saturated carbocycles. The van der Waals surface area contributed by atoms with Gasteiger partial charge in [-0.1, -0.05) is 23.2 Å². The maximum absolute atomic E-state index is 13.1. The molecule has 3 heterocycles. The van der Waals surface area contributed by atoms with Crippen molar-refractivity contribution >= 4 is 86.5 Å². The van der Waals surface area contributed by atoms with Gasteiger partial charge in [0.05, 0.1) is 42.3 Å². The molecule has 0 aliphatic carbocycles. The lowest BCUT2D eigenvalue weighted by Crippen LogP contribution is -2.33. The second kappa shape index (κ2) is 18.9. The highest BCUT2D eigenvalue weighted by atomic mass is 79.9. The van der Waals surface area contributed by atoms with E-state index in [2.05, 4.69) is 46.5 Å². The van der Waals surface area contributed by atoms with Crippen molar-refractivity contribution in [2.24, 2.45) is 0 Å². The summed E-state index contributed by atoms with van der Waals surface area (Å²) < 4.78 is 142. The molecule has 0 bridgehead atoms. The molecule has 54 heavy (non-hydrogen) atoms. The van der Waals surface area contributed by atoms with Crippen molar-refractivity contribution in [3.63, 3.8) is 0 Å². The normalized spacial score (nSPS) is 13.4. The number of sulfonamides is 2. The number of benzene rings is 2. The summed E-state index contributed by atoms with van der Waals surface area (Å²) in [7, 11) is -7.34. The summed E-state index contributed by atoms with van der Waals surface area (Å²) >= 11 is 17.3. The van der Waals surface area contributed by atoms with Gasteiger partial charge in [-0.05, 0) is 118 Å². The largest absolute Gasteiger partial charge is 0.417 e. The molecule has 0 atom stereocenters. The van der Waals surface area contributed by atoms with Gasteiger partial charge in [-0.15, -0.1) is 0 Å². The molecule has 4 aromatic rings. The molecule has 0 unspecified atom stereocenters. The molecule has 1 N–H and O–H groups in total. The molecule has 1 saturated heterocycles. The Morgan fingerprint density at radius 3 is 1.76 bits per heavy atom. The van der Waals surface area contributed by atoms with Crippen LogP contribution < -0.4 is 9.03 Å². The van der Waals surface area contributed by atoms with Crippen molar-refractivity contribution in [2.45, 2.75) is 48.8 Å². The summed E-state index contributed by atoms with van der Waals surface area (Å²) in [6.07, 6.45) is -3.98.